The molecule has 5 rings (SSSR count). The molecular formula is C24H33N7O6. The normalized spacial score (nSPS) is 25.1. The zero-order chi connectivity index (χ0) is 26.3. The van der Waals surface area contributed by atoms with Crippen LogP contribution in [0.15, 0.2) is 23.2 Å². The maximum atomic E-state index is 12.0. The first-order chi connectivity index (χ1) is 17.7. The molecule has 2 saturated heterocycles. The van der Waals surface area contributed by atoms with Crippen molar-refractivity contribution in [1.82, 2.24) is 29.6 Å². The summed E-state index contributed by atoms with van der Waals surface area (Å²) in [6.07, 6.45) is -0.214. The number of aliphatic hydroxyl groups is 2. The molecule has 2 aliphatic rings. The predicted molar refractivity (Wildman–Crippen MR) is 131 cm³/mol. The van der Waals surface area contributed by atoms with E-state index in [2.05, 4.69) is 25.4 Å². The monoisotopic (exact) mass is 515 g/mol. The van der Waals surface area contributed by atoms with Crippen LogP contribution < -0.4 is 5.32 Å². The average Bonchev–Trinajstić information content (AvgIpc) is 3.59. The second-order valence-corrected chi connectivity index (χ2v) is 10.4. The number of piperidine rings is 1. The third-order valence-corrected chi connectivity index (χ3v) is 6.81. The number of carbonyl (C=O) groups is 1. The first-order valence-electron chi connectivity index (χ1n) is 12.5. The number of aromatic nitrogens is 5. The topological polar surface area (TPSA) is 161 Å². The van der Waals surface area contributed by atoms with Crippen LogP contribution in [0, 0.1) is 0 Å². The highest BCUT2D eigenvalue weighted by Gasteiger charge is 2.47. The number of ether oxygens (including phenoxy) is 2. The van der Waals surface area contributed by atoms with Gasteiger partial charge >= 0.3 is 6.09 Å². The molecule has 37 heavy (non-hydrogen) atoms. The summed E-state index contributed by atoms with van der Waals surface area (Å²) in [4.78, 5) is 26.9. The molecule has 13 heteroatoms. The van der Waals surface area contributed by atoms with Crippen LogP contribution in [0.4, 0.5) is 10.6 Å². The van der Waals surface area contributed by atoms with Crippen LogP contribution in [0.3, 0.4) is 0 Å². The molecule has 0 bridgehead atoms. The first kappa shape index (κ1) is 25.4. The Balaban J connectivity index is 1.32. The molecule has 13 nitrogen and oxygen atoms in total. The van der Waals surface area contributed by atoms with Crippen molar-refractivity contribution < 1.29 is 29.0 Å². The highest BCUT2D eigenvalue weighted by molar-refractivity contribution is 5.82. The van der Waals surface area contributed by atoms with E-state index in [1.165, 1.54) is 12.7 Å². The van der Waals surface area contributed by atoms with E-state index in [9.17, 15) is 15.0 Å². The summed E-state index contributed by atoms with van der Waals surface area (Å²) < 4.78 is 18.2. The van der Waals surface area contributed by atoms with Crippen LogP contribution in [0.2, 0.25) is 0 Å². The molecule has 0 unspecified atom stereocenters. The minimum Gasteiger partial charge on any atom is -0.450 e. The molecule has 3 N–H and O–H groups in total. The van der Waals surface area contributed by atoms with Crippen molar-refractivity contribution in [2.75, 3.05) is 25.0 Å². The Morgan fingerprint density at radius 3 is 2.62 bits per heavy atom. The molecule has 200 valence electrons. The third-order valence-electron chi connectivity index (χ3n) is 6.81. The van der Waals surface area contributed by atoms with Crippen molar-refractivity contribution in [3.05, 3.63) is 30.2 Å². The first-order valence-corrected chi connectivity index (χ1v) is 12.5. The zero-order valence-corrected chi connectivity index (χ0v) is 21.4. The van der Waals surface area contributed by atoms with E-state index >= 15 is 0 Å². The van der Waals surface area contributed by atoms with E-state index in [0.717, 1.165) is 18.5 Å². The van der Waals surface area contributed by atoms with E-state index in [1.54, 1.807) is 22.5 Å². The minimum absolute atomic E-state index is 0.0944. The molecule has 1 amide bonds. The highest BCUT2D eigenvalue weighted by Crippen LogP contribution is 2.41. The number of carbonyl (C=O) groups excluding carboxylic acids is 1. The van der Waals surface area contributed by atoms with E-state index in [1.807, 2.05) is 20.8 Å². The molecule has 0 aliphatic carbocycles. The fraction of sp³-hybridized carbons (Fsp3) is 0.625. The van der Waals surface area contributed by atoms with E-state index < -0.39 is 24.5 Å². The van der Waals surface area contributed by atoms with Gasteiger partial charge in [-0.15, -0.1) is 0 Å². The SMILES string of the molecule is CCOC(=O)N1CCC(Nc2ncnc3c2ncn3[C@@H]2O[C@H](c3cc(C(C)(C)C)no3)[C@@H](O)[C@@H]2O)CC1. The predicted octanol–water partition coefficient (Wildman–Crippen LogP) is 2.14. The highest BCUT2D eigenvalue weighted by atomic mass is 16.6. The molecule has 5 heterocycles. The molecule has 0 saturated carbocycles. The summed E-state index contributed by atoms with van der Waals surface area (Å²) in [6.45, 7) is 9.32. The molecule has 0 aromatic carbocycles. The number of nitrogens with one attached hydrogen (secondary N) is 1. The molecule has 3 aromatic rings. The quantitative estimate of drug-likeness (QED) is 0.456. The van der Waals surface area contributed by atoms with Gasteiger partial charge in [0.25, 0.3) is 0 Å². The summed E-state index contributed by atoms with van der Waals surface area (Å²) in [5.74, 6) is 0.891. The van der Waals surface area contributed by atoms with Gasteiger partial charge < -0.3 is 34.4 Å². The lowest BCUT2D eigenvalue weighted by Gasteiger charge is -2.31. The summed E-state index contributed by atoms with van der Waals surface area (Å²) in [5, 5.41) is 29.1. The summed E-state index contributed by atoms with van der Waals surface area (Å²) >= 11 is 0. The summed E-state index contributed by atoms with van der Waals surface area (Å²) in [5.41, 5.74) is 1.45. The lowest BCUT2D eigenvalue weighted by Crippen LogP contribution is -2.42. The fourth-order valence-corrected chi connectivity index (χ4v) is 4.66. The maximum Gasteiger partial charge on any atom is 0.409 e. The van der Waals surface area contributed by atoms with Crippen molar-refractivity contribution in [3.63, 3.8) is 0 Å². The Kier molecular flexibility index (Phi) is 6.77. The number of fused-ring (bicyclic) bond motifs is 1. The van der Waals surface area contributed by atoms with Crippen LogP contribution in [0.1, 0.15) is 64.3 Å². The molecule has 2 aliphatic heterocycles. The van der Waals surface area contributed by atoms with Gasteiger partial charge in [-0.25, -0.2) is 19.7 Å². The van der Waals surface area contributed by atoms with Crippen LogP contribution in [0.25, 0.3) is 11.2 Å². The Morgan fingerprint density at radius 2 is 1.95 bits per heavy atom. The lowest BCUT2D eigenvalue weighted by atomic mass is 9.92. The smallest absolute Gasteiger partial charge is 0.409 e. The third kappa shape index (κ3) is 4.86. The number of anilines is 1. The van der Waals surface area contributed by atoms with Gasteiger partial charge in [0, 0.05) is 30.6 Å². The van der Waals surface area contributed by atoms with Crippen LogP contribution in [0.5, 0.6) is 0 Å². The van der Waals surface area contributed by atoms with Gasteiger partial charge in [0.1, 0.15) is 24.6 Å². The molecule has 2 fully saturated rings. The summed E-state index contributed by atoms with van der Waals surface area (Å²) in [7, 11) is 0. The van der Waals surface area contributed by atoms with Gasteiger partial charge in [-0.1, -0.05) is 25.9 Å². The Labute approximate surface area is 213 Å². The largest absolute Gasteiger partial charge is 0.450 e. The Morgan fingerprint density at radius 1 is 1.19 bits per heavy atom. The van der Waals surface area contributed by atoms with Crippen LogP contribution in [-0.4, -0.2) is 83.8 Å². The van der Waals surface area contributed by atoms with Gasteiger partial charge in [0.2, 0.25) is 0 Å². The number of hydrogen-bond donors (Lipinski definition) is 3. The lowest BCUT2D eigenvalue weighted by molar-refractivity contribution is -0.0434. The molecular weight excluding hydrogens is 482 g/mol. The number of aliphatic hydroxyl groups excluding tert-OH is 2. The minimum atomic E-state index is -1.25. The number of imidazole rings is 1. The van der Waals surface area contributed by atoms with Crippen molar-refractivity contribution in [2.24, 2.45) is 0 Å². The van der Waals surface area contributed by atoms with Gasteiger partial charge in [-0.2, -0.15) is 0 Å². The van der Waals surface area contributed by atoms with Crippen molar-refractivity contribution in [2.45, 2.75) is 76.5 Å². The van der Waals surface area contributed by atoms with Gasteiger partial charge in [0.05, 0.1) is 18.6 Å². The van der Waals surface area contributed by atoms with Crippen LogP contribution in [-0.2, 0) is 14.9 Å². The van der Waals surface area contributed by atoms with Crippen LogP contribution >= 0.6 is 0 Å². The molecule has 4 atom stereocenters. The standard InChI is InChI=1S/C24H33N7O6/c1-5-35-23(34)30-8-6-13(7-9-30)28-20-16-21(26-11-25-20)31(12-27-16)22-18(33)17(32)19(36-22)14-10-15(29-37-14)24(2,3)4/h10-13,17-19,22,32-33H,5-9H2,1-4H3,(H,25,26,28)/t17-,18-,19+,22+/m0/s1. The van der Waals surface area contributed by atoms with Crippen molar-refractivity contribution in [1.29, 1.82) is 0 Å². The number of likely N-dealkylation sites (tertiary alicyclic amines) is 1. The number of nitrogens with zero attached hydrogens (tertiary/aromatic N) is 6. The van der Waals surface area contributed by atoms with Gasteiger partial charge in [0.15, 0.2) is 29.0 Å². The molecule has 3 aromatic heterocycles. The van der Waals surface area contributed by atoms with Crippen molar-refractivity contribution in [3.8, 4) is 0 Å². The Bertz CT molecular complexity index is 1250. The molecule has 0 radical (unpaired) electrons. The van der Waals surface area contributed by atoms with Gasteiger partial charge in [-0.3, -0.25) is 4.57 Å². The average molecular weight is 516 g/mol. The number of hydrogen-bond acceptors (Lipinski definition) is 11. The Hall–Kier alpha value is -3.29. The summed E-state index contributed by atoms with van der Waals surface area (Å²) in [6, 6.07) is 1.84. The van der Waals surface area contributed by atoms with E-state index in [4.69, 9.17) is 14.0 Å². The maximum absolute atomic E-state index is 12.0. The second-order valence-electron chi connectivity index (χ2n) is 10.4. The van der Waals surface area contributed by atoms with Crippen molar-refractivity contribution >= 4 is 23.1 Å². The van der Waals surface area contributed by atoms with Gasteiger partial charge in [-0.05, 0) is 19.8 Å². The fourth-order valence-electron chi connectivity index (χ4n) is 4.66. The number of amides is 1. The number of rotatable bonds is 5. The molecule has 0 spiro atoms. The van der Waals surface area contributed by atoms with E-state index in [-0.39, 0.29) is 17.6 Å². The zero-order valence-electron chi connectivity index (χ0n) is 21.4. The second kappa shape index (κ2) is 9.88. The van der Waals surface area contributed by atoms with E-state index in [0.29, 0.717) is 42.4 Å².